The molecular weight excluding hydrogens is 647 g/mol. The molecule has 6 nitrogen and oxygen atoms in total. The van der Waals surface area contributed by atoms with Crippen molar-refractivity contribution < 1.29 is 24.5 Å². The van der Waals surface area contributed by atoms with Crippen molar-refractivity contribution in [3.8, 4) is 0 Å². The van der Waals surface area contributed by atoms with Gasteiger partial charge < -0.3 is 20.3 Å². The minimum absolute atomic E-state index is 0.0423. The van der Waals surface area contributed by atoms with E-state index in [1.54, 1.807) is 6.08 Å². The molecule has 2 unspecified atom stereocenters. The Morgan fingerprint density at radius 3 is 1.48 bits per heavy atom. The van der Waals surface area contributed by atoms with Crippen molar-refractivity contribution in [3.63, 3.8) is 0 Å². The molecule has 0 spiro atoms. The second-order valence-electron chi connectivity index (χ2n) is 15.0. The van der Waals surface area contributed by atoms with Crippen molar-refractivity contribution in [2.75, 3.05) is 13.2 Å². The van der Waals surface area contributed by atoms with Gasteiger partial charge in [0.05, 0.1) is 25.4 Å². The topological polar surface area (TPSA) is 95.9 Å². The van der Waals surface area contributed by atoms with Gasteiger partial charge in [0.1, 0.15) is 0 Å². The molecule has 0 aliphatic heterocycles. The number of allylic oxidation sites excluding steroid dienone is 5. The van der Waals surface area contributed by atoms with Gasteiger partial charge >= 0.3 is 5.97 Å². The van der Waals surface area contributed by atoms with E-state index in [1.807, 2.05) is 6.08 Å². The van der Waals surface area contributed by atoms with E-state index < -0.39 is 12.1 Å². The average molecular weight is 732 g/mol. The van der Waals surface area contributed by atoms with Gasteiger partial charge in [-0.25, -0.2) is 0 Å². The first kappa shape index (κ1) is 50.1. The van der Waals surface area contributed by atoms with Crippen LogP contribution >= 0.6 is 0 Å². The molecule has 0 heterocycles. The number of unbranched alkanes of at least 4 members (excludes halogenated alkanes) is 25. The summed E-state index contributed by atoms with van der Waals surface area (Å²) in [7, 11) is 0. The zero-order valence-corrected chi connectivity index (χ0v) is 34.3. The van der Waals surface area contributed by atoms with E-state index in [2.05, 4.69) is 43.5 Å². The van der Waals surface area contributed by atoms with Crippen LogP contribution in [0.1, 0.15) is 219 Å². The molecule has 0 aromatic heterocycles. The number of amides is 1. The molecule has 0 bridgehead atoms. The molecule has 0 fully saturated rings. The fourth-order valence-corrected chi connectivity index (χ4v) is 6.42. The van der Waals surface area contributed by atoms with Gasteiger partial charge in [0.25, 0.3) is 0 Å². The molecule has 0 aliphatic carbocycles. The molecule has 0 saturated heterocycles. The SMILES string of the molecule is CCCCCC/C=C\C/C=C\CCCCCCCC(=O)OCCCCCCCCCCCC(=O)NC(CO)C(O)/C=C/CCCCCCCCCC. The Hall–Kier alpha value is -1.92. The summed E-state index contributed by atoms with van der Waals surface area (Å²) in [6, 6.07) is -0.647. The minimum atomic E-state index is -0.861. The van der Waals surface area contributed by atoms with Gasteiger partial charge in [-0.05, 0) is 64.2 Å². The van der Waals surface area contributed by atoms with E-state index in [0.29, 0.717) is 19.4 Å². The predicted molar refractivity (Wildman–Crippen MR) is 222 cm³/mol. The first-order chi connectivity index (χ1) is 25.5. The lowest BCUT2D eigenvalue weighted by atomic mass is 10.1. The number of nitrogens with one attached hydrogen (secondary N) is 1. The smallest absolute Gasteiger partial charge is 0.305 e. The fourth-order valence-electron chi connectivity index (χ4n) is 6.42. The Morgan fingerprint density at radius 2 is 0.962 bits per heavy atom. The number of ether oxygens (including phenoxy) is 1. The van der Waals surface area contributed by atoms with Crippen LogP contribution in [0.3, 0.4) is 0 Å². The molecule has 0 aliphatic rings. The molecule has 1 amide bonds. The van der Waals surface area contributed by atoms with Crippen LogP contribution in [0, 0.1) is 0 Å². The normalized spacial score (nSPS) is 13.1. The van der Waals surface area contributed by atoms with Gasteiger partial charge in [-0.3, -0.25) is 9.59 Å². The Balaban J connectivity index is 3.54. The van der Waals surface area contributed by atoms with E-state index in [4.69, 9.17) is 4.74 Å². The molecule has 0 aromatic rings. The van der Waals surface area contributed by atoms with E-state index in [0.717, 1.165) is 70.6 Å². The molecule has 0 saturated carbocycles. The third-order valence-corrected chi connectivity index (χ3v) is 9.91. The highest BCUT2D eigenvalue weighted by molar-refractivity contribution is 5.76. The number of hydrogen-bond donors (Lipinski definition) is 3. The predicted octanol–water partition coefficient (Wildman–Crippen LogP) is 12.6. The van der Waals surface area contributed by atoms with Crippen molar-refractivity contribution >= 4 is 11.9 Å². The van der Waals surface area contributed by atoms with E-state index in [1.165, 1.54) is 122 Å². The Bertz CT molecular complexity index is 854. The molecule has 2 atom stereocenters. The maximum Gasteiger partial charge on any atom is 0.305 e. The average Bonchev–Trinajstić information content (AvgIpc) is 3.14. The van der Waals surface area contributed by atoms with Crippen LogP contribution < -0.4 is 5.32 Å². The Morgan fingerprint density at radius 1 is 0.538 bits per heavy atom. The highest BCUT2D eigenvalue weighted by Gasteiger charge is 2.18. The van der Waals surface area contributed by atoms with Gasteiger partial charge in [0.2, 0.25) is 5.91 Å². The van der Waals surface area contributed by atoms with E-state index >= 15 is 0 Å². The molecule has 6 heteroatoms. The van der Waals surface area contributed by atoms with Crippen LogP contribution in [0.5, 0.6) is 0 Å². The quantitative estimate of drug-likeness (QED) is 0.0331. The molecule has 0 aromatic carbocycles. The number of esters is 1. The molecule has 304 valence electrons. The summed E-state index contributed by atoms with van der Waals surface area (Å²) in [5.74, 6) is -0.143. The largest absolute Gasteiger partial charge is 0.466 e. The van der Waals surface area contributed by atoms with Crippen LogP contribution in [0.25, 0.3) is 0 Å². The van der Waals surface area contributed by atoms with Gasteiger partial charge in [-0.1, -0.05) is 179 Å². The third-order valence-electron chi connectivity index (χ3n) is 9.91. The van der Waals surface area contributed by atoms with Gasteiger partial charge in [0, 0.05) is 12.8 Å². The third kappa shape index (κ3) is 37.8. The maximum absolute atomic E-state index is 12.3. The lowest BCUT2D eigenvalue weighted by molar-refractivity contribution is -0.143. The second-order valence-corrected chi connectivity index (χ2v) is 15.0. The highest BCUT2D eigenvalue weighted by Crippen LogP contribution is 2.13. The zero-order chi connectivity index (χ0) is 38.0. The van der Waals surface area contributed by atoms with E-state index in [9.17, 15) is 19.8 Å². The second kappa shape index (κ2) is 41.8. The number of carbonyl (C=O) groups excluding carboxylic acids is 2. The van der Waals surface area contributed by atoms with Crippen LogP contribution in [-0.2, 0) is 14.3 Å². The molecular formula is C46H85NO5. The maximum atomic E-state index is 12.3. The molecule has 3 N–H and O–H groups in total. The highest BCUT2D eigenvalue weighted by atomic mass is 16.5. The number of aliphatic hydroxyl groups excluding tert-OH is 2. The summed E-state index contributed by atoms with van der Waals surface area (Å²) in [5, 5.41) is 22.9. The van der Waals surface area contributed by atoms with Crippen LogP contribution in [0.2, 0.25) is 0 Å². The van der Waals surface area contributed by atoms with Crippen LogP contribution in [0.15, 0.2) is 36.5 Å². The lowest BCUT2D eigenvalue weighted by Crippen LogP contribution is -2.45. The number of aliphatic hydroxyl groups is 2. The number of hydrogen-bond acceptors (Lipinski definition) is 5. The monoisotopic (exact) mass is 732 g/mol. The van der Waals surface area contributed by atoms with Crippen molar-refractivity contribution in [3.05, 3.63) is 36.5 Å². The first-order valence-electron chi connectivity index (χ1n) is 22.3. The standard InChI is InChI=1S/C46H85NO5/c1-3-5-7-9-11-13-15-16-17-18-19-20-24-28-32-36-40-46(51)52-41-37-33-29-25-21-23-27-31-35-39-45(50)47-43(42-48)44(49)38-34-30-26-22-14-12-10-8-6-4-2/h13,15,17-18,34,38,43-44,48-49H,3-12,14,16,19-33,35-37,39-42H2,1-2H3,(H,47,50)/b15-13-,18-17-,38-34+. The molecule has 52 heavy (non-hydrogen) atoms. The van der Waals surface area contributed by atoms with Gasteiger partial charge in [0.15, 0.2) is 0 Å². The van der Waals surface area contributed by atoms with Crippen molar-refractivity contribution in [2.24, 2.45) is 0 Å². The van der Waals surface area contributed by atoms with Crippen molar-refractivity contribution in [1.82, 2.24) is 5.32 Å². The van der Waals surface area contributed by atoms with E-state index in [-0.39, 0.29) is 18.5 Å². The van der Waals surface area contributed by atoms with Crippen molar-refractivity contribution in [2.45, 2.75) is 231 Å². The summed E-state index contributed by atoms with van der Waals surface area (Å²) in [5.41, 5.74) is 0. The van der Waals surface area contributed by atoms with Crippen molar-refractivity contribution in [1.29, 1.82) is 0 Å². The summed E-state index contributed by atoms with van der Waals surface area (Å²) in [6.45, 7) is 4.77. The lowest BCUT2D eigenvalue weighted by Gasteiger charge is -2.20. The minimum Gasteiger partial charge on any atom is -0.466 e. The Kier molecular flexibility index (Phi) is 40.3. The Labute approximate surface area is 322 Å². The fraction of sp³-hybridized carbons (Fsp3) is 0.826. The summed E-state index contributed by atoms with van der Waals surface area (Å²) in [6.07, 6.45) is 48.4. The number of rotatable bonds is 40. The van der Waals surface area contributed by atoms with Crippen LogP contribution in [-0.4, -0.2) is 47.4 Å². The molecule has 0 rings (SSSR count). The van der Waals surface area contributed by atoms with Crippen LogP contribution in [0.4, 0.5) is 0 Å². The van der Waals surface area contributed by atoms with Gasteiger partial charge in [-0.2, -0.15) is 0 Å². The summed E-state index contributed by atoms with van der Waals surface area (Å²) in [4.78, 5) is 24.3. The summed E-state index contributed by atoms with van der Waals surface area (Å²) >= 11 is 0. The van der Waals surface area contributed by atoms with Gasteiger partial charge in [-0.15, -0.1) is 0 Å². The number of carbonyl (C=O) groups is 2. The molecule has 0 radical (unpaired) electrons. The zero-order valence-electron chi connectivity index (χ0n) is 34.3. The summed E-state index contributed by atoms with van der Waals surface area (Å²) < 4.78 is 5.43. The first-order valence-corrected chi connectivity index (χ1v) is 22.3.